The molecule has 0 aliphatic heterocycles. The molecule has 3 rings (SSSR count). The summed E-state index contributed by atoms with van der Waals surface area (Å²) in [5, 5.41) is 57.1. The van der Waals surface area contributed by atoms with Crippen molar-refractivity contribution < 1.29 is 25.0 Å². The van der Waals surface area contributed by atoms with Gasteiger partial charge in [0.05, 0.1) is 32.1 Å². The second-order valence-electron chi connectivity index (χ2n) is 6.12. The molecule has 0 bridgehead atoms. The third kappa shape index (κ3) is 3.60. The highest BCUT2D eigenvalue weighted by molar-refractivity contribution is 6.07. The highest BCUT2D eigenvalue weighted by Crippen LogP contribution is 2.43. The minimum atomic E-state index is -0.898. The van der Waals surface area contributed by atoms with Crippen LogP contribution in [0, 0.1) is 30.3 Å². The Balaban J connectivity index is 2.07. The molecule has 0 amide bonds. The van der Waals surface area contributed by atoms with E-state index >= 15 is 0 Å². The van der Waals surface area contributed by atoms with E-state index in [4.69, 9.17) is 0 Å². The van der Waals surface area contributed by atoms with Crippen molar-refractivity contribution >= 4 is 28.5 Å². The number of nitro benzene ring substituents is 3. The van der Waals surface area contributed by atoms with E-state index in [9.17, 15) is 40.6 Å². The number of fused-ring (bicyclic) bond motifs is 1. The number of aryl methyl sites for hydroxylation is 1. The van der Waals surface area contributed by atoms with Crippen LogP contribution in [0.3, 0.4) is 0 Å². The minimum absolute atomic E-state index is 0.0219. The number of anilines is 1. The van der Waals surface area contributed by atoms with E-state index in [-0.39, 0.29) is 23.4 Å². The van der Waals surface area contributed by atoms with Gasteiger partial charge in [-0.2, -0.15) is 5.10 Å². The summed E-state index contributed by atoms with van der Waals surface area (Å²) in [4.78, 5) is 31.0. The van der Waals surface area contributed by atoms with Crippen molar-refractivity contribution in [3.63, 3.8) is 0 Å². The van der Waals surface area contributed by atoms with Gasteiger partial charge in [0.25, 0.3) is 5.69 Å². The zero-order chi connectivity index (χ0) is 21.3. The van der Waals surface area contributed by atoms with Crippen LogP contribution in [-0.4, -0.2) is 30.7 Å². The zero-order valence-electron chi connectivity index (χ0n) is 14.6. The molecule has 0 fully saturated rings. The van der Waals surface area contributed by atoms with Crippen LogP contribution < -0.4 is 5.43 Å². The normalized spacial score (nSPS) is 14.3. The van der Waals surface area contributed by atoms with Gasteiger partial charge in [0.2, 0.25) is 5.75 Å². The number of non-ortho nitro benzene ring substituents is 1. The molecule has 150 valence electrons. The van der Waals surface area contributed by atoms with E-state index in [1.807, 2.05) is 0 Å². The number of benzene rings is 2. The molecule has 0 saturated heterocycles. The summed E-state index contributed by atoms with van der Waals surface area (Å²) >= 11 is 0. The maximum Gasteiger partial charge on any atom is 0.323 e. The van der Waals surface area contributed by atoms with Crippen molar-refractivity contribution in [1.29, 1.82) is 0 Å². The Bertz CT molecular complexity index is 1080. The molecular weight excluding hydrogens is 390 g/mol. The number of hydrazone groups is 1. The van der Waals surface area contributed by atoms with Gasteiger partial charge in [-0.3, -0.25) is 35.8 Å². The molecule has 0 spiro atoms. The molecule has 2 aromatic rings. The third-order valence-electron chi connectivity index (χ3n) is 4.37. The molecule has 0 unspecified atom stereocenters. The van der Waals surface area contributed by atoms with Gasteiger partial charge in [0.15, 0.2) is 5.75 Å². The van der Waals surface area contributed by atoms with Crippen LogP contribution in [0.25, 0.3) is 0 Å². The van der Waals surface area contributed by atoms with E-state index in [1.54, 1.807) is 0 Å². The number of phenols is 2. The molecule has 0 radical (unpaired) electrons. The highest BCUT2D eigenvalue weighted by Gasteiger charge is 2.32. The predicted octanol–water partition coefficient (Wildman–Crippen LogP) is 2.97. The number of nitrogens with one attached hydrogen (secondary N) is 1. The highest BCUT2D eigenvalue weighted by atomic mass is 16.6. The van der Waals surface area contributed by atoms with Crippen LogP contribution in [-0.2, 0) is 6.42 Å². The fourth-order valence-electron chi connectivity index (χ4n) is 3.08. The Hall–Kier alpha value is -4.29. The van der Waals surface area contributed by atoms with E-state index in [0.717, 1.165) is 18.2 Å². The number of nitro groups is 3. The van der Waals surface area contributed by atoms with Gasteiger partial charge in [-0.25, -0.2) is 0 Å². The lowest BCUT2D eigenvalue weighted by atomic mass is 9.88. The Morgan fingerprint density at radius 2 is 1.69 bits per heavy atom. The second-order valence-corrected chi connectivity index (χ2v) is 6.12. The summed E-state index contributed by atoms with van der Waals surface area (Å²) < 4.78 is 0. The zero-order valence-corrected chi connectivity index (χ0v) is 14.6. The van der Waals surface area contributed by atoms with E-state index in [1.165, 1.54) is 6.07 Å². The fourth-order valence-corrected chi connectivity index (χ4v) is 3.08. The molecule has 29 heavy (non-hydrogen) atoms. The summed E-state index contributed by atoms with van der Waals surface area (Å²) in [6.07, 6.45) is 1.21. The topological polar surface area (TPSA) is 194 Å². The van der Waals surface area contributed by atoms with Gasteiger partial charge in [-0.1, -0.05) is 0 Å². The van der Waals surface area contributed by atoms with Gasteiger partial charge in [0, 0.05) is 6.07 Å². The summed E-state index contributed by atoms with van der Waals surface area (Å²) in [6, 6.07) is 4.13. The number of aromatic hydroxyl groups is 2. The SMILES string of the molecule is O=[N+]([O-])c1ccc(NN=C2CCCc3cc(O)c(O)c([N+](=O)[O-])c32)c([N+](=O)[O-])c1. The number of phenolic OH excluding ortho intramolecular Hbond substituents is 2. The van der Waals surface area contributed by atoms with E-state index in [0.29, 0.717) is 18.4 Å². The van der Waals surface area contributed by atoms with Crippen LogP contribution in [0.5, 0.6) is 11.5 Å². The summed E-state index contributed by atoms with van der Waals surface area (Å²) in [6.45, 7) is 0. The average molecular weight is 403 g/mol. The maximum absolute atomic E-state index is 11.4. The molecule has 13 nitrogen and oxygen atoms in total. The maximum atomic E-state index is 11.4. The van der Waals surface area contributed by atoms with Gasteiger partial charge in [0.1, 0.15) is 5.69 Å². The van der Waals surface area contributed by atoms with Gasteiger partial charge in [-0.15, -0.1) is 0 Å². The largest absolute Gasteiger partial charge is 0.504 e. The van der Waals surface area contributed by atoms with Crippen molar-refractivity contribution in [3.8, 4) is 11.5 Å². The lowest BCUT2D eigenvalue weighted by molar-refractivity contribution is -0.393. The summed E-state index contributed by atoms with van der Waals surface area (Å²) in [5.41, 5.74) is 1.07. The average Bonchev–Trinajstić information content (AvgIpc) is 2.66. The standard InChI is InChI=1S/C16H13N5O8/c22-13-6-8-2-1-3-11(14(8)15(16(13)23)21(28)29)18-17-10-5-4-9(19(24)25)7-12(10)20(26)27/h4-7,17,22-23H,1-3H2. The fraction of sp³-hybridized carbons (Fsp3) is 0.188. The molecule has 1 aliphatic rings. The minimum Gasteiger partial charge on any atom is -0.504 e. The molecule has 0 aromatic heterocycles. The smallest absolute Gasteiger partial charge is 0.323 e. The molecule has 13 heteroatoms. The predicted molar refractivity (Wildman–Crippen MR) is 99.3 cm³/mol. The first-order chi connectivity index (χ1) is 13.7. The molecule has 3 N–H and O–H groups in total. The lowest BCUT2D eigenvalue weighted by Gasteiger charge is -2.19. The van der Waals surface area contributed by atoms with Crippen molar-refractivity contribution in [3.05, 3.63) is 65.7 Å². The Kier molecular flexibility index (Phi) is 4.95. The quantitative estimate of drug-likeness (QED) is 0.382. The van der Waals surface area contributed by atoms with Crippen molar-refractivity contribution in [2.24, 2.45) is 5.10 Å². The van der Waals surface area contributed by atoms with Crippen molar-refractivity contribution in [2.75, 3.05) is 5.43 Å². The van der Waals surface area contributed by atoms with Crippen LogP contribution in [0.15, 0.2) is 29.4 Å². The van der Waals surface area contributed by atoms with Crippen LogP contribution in [0.4, 0.5) is 22.7 Å². The van der Waals surface area contributed by atoms with Gasteiger partial charge in [-0.05, 0) is 37.0 Å². The Morgan fingerprint density at radius 3 is 2.31 bits per heavy atom. The molecule has 0 saturated carbocycles. The second kappa shape index (κ2) is 7.38. The van der Waals surface area contributed by atoms with Gasteiger partial charge < -0.3 is 10.2 Å². The molecule has 2 aromatic carbocycles. The number of nitrogens with zero attached hydrogens (tertiary/aromatic N) is 4. The van der Waals surface area contributed by atoms with Crippen LogP contribution in [0.2, 0.25) is 0 Å². The number of hydrogen-bond acceptors (Lipinski definition) is 10. The first kappa shape index (κ1) is 19.5. The molecule has 0 heterocycles. The van der Waals surface area contributed by atoms with E-state index < -0.39 is 43.3 Å². The monoisotopic (exact) mass is 403 g/mol. The Morgan fingerprint density at radius 1 is 0.966 bits per heavy atom. The van der Waals surface area contributed by atoms with Crippen molar-refractivity contribution in [1.82, 2.24) is 0 Å². The van der Waals surface area contributed by atoms with Crippen molar-refractivity contribution in [2.45, 2.75) is 19.3 Å². The summed E-state index contributed by atoms with van der Waals surface area (Å²) in [7, 11) is 0. The number of rotatable bonds is 5. The number of hydrogen-bond donors (Lipinski definition) is 3. The lowest BCUT2D eigenvalue weighted by Crippen LogP contribution is -2.16. The Labute approximate surface area is 161 Å². The molecule has 0 atom stereocenters. The summed E-state index contributed by atoms with van der Waals surface area (Å²) in [5.74, 6) is -1.53. The molecule has 1 aliphatic carbocycles. The van der Waals surface area contributed by atoms with Crippen LogP contribution in [0.1, 0.15) is 24.0 Å². The first-order valence-electron chi connectivity index (χ1n) is 8.18. The molecular formula is C16H13N5O8. The third-order valence-corrected chi connectivity index (χ3v) is 4.37. The first-order valence-corrected chi connectivity index (χ1v) is 8.18. The van der Waals surface area contributed by atoms with Crippen LogP contribution >= 0.6 is 0 Å². The van der Waals surface area contributed by atoms with Gasteiger partial charge >= 0.3 is 11.4 Å². The van der Waals surface area contributed by atoms with E-state index in [2.05, 4.69) is 10.5 Å².